The van der Waals surface area contributed by atoms with Gasteiger partial charge in [0.2, 0.25) is 0 Å². The summed E-state index contributed by atoms with van der Waals surface area (Å²) >= 11 is 0. The van der Waals surface area contributed by atoms with E-state index in [4.69, 9.17) is 15.3 Å². The molecule has 0 heterocycles. The standard InChI is InChI=1S/C12H18N2O/c1-11(2)4-10(6-13)5-12(3,7-11)8-15-9-14/h10H,4-5,7-8H2,1-3H3. The number of nitrogens with zero attached hydrogens (tertiary/aromatic N) is 2. The van der Waals surface area contributed by atoms with Gasteiger partial charge in [0.1, 0.15) is 6.61 Å². The van der Waals surface area contributed by atoms with E-state index in [1.807, 2.05) is 0 Å². The van der Waals surface area contributed by atoms with Crippen molar-refractivity contribution < 1.29 is 4.74 Å². The molecule has 0 saturated heterocycles. The van der Waals surface area contributed by atoms with Crippen LogP contribution in [0.3, 0.4) is 0 Å². The maximum Gasteiger partial charge on any atom is 0.286 e. The summed E-state index contributed by atoms with van der Waals surface area (Å²) in [5.74, 6) is 0.0982. The summed E-state index contributed by atoms with van der Waals surface area (Å²) in [5.41, 5.74) is 0.143. The molecule has 15 heavy (non-hydrogen) atoms. The molecule has 1 aliphatic carbocycles. The molecule has 1 aliphatic rings. The highest BCUT2D eigenvalue weighted by Gasteiger charge is 2.41. The van der Waals surface area contributed by atoms with Gasteiger partial charge in [0.15, 0.2) is 0 Å². The molecule has 1 saturated carbocycles. The highest BCUT2D eigenvalue weighted by atomic mass is 16.5. The summed E-state index contributed by atoms with van der Waals surface area (Å²) in [6.07, 6.45) is 4.52. The molecular formula is C12H18N2O. The molecule has 0 aromatic heterocycles. The van der Waals surface area contributed by atoms with Gasteiger partial charge in [-0.15, -0.1) is 0 Å². The van der Waals surface area contributed by atoms with Gasteiger partial charge >= 0.3 is 0 Å². The fourth-order valence-corrected chi connectivity index (χ4v) is 3.04. The normalized spacial score (nSPS) is 33.8. The second kappa shape index (κ2) is 4.11. The summed E-state index contributed by atoms with van der Waals surface area (Å²) < 4.78 is 4.86. The predicted molar refractivity (Wildman–Crippen MR) is 56.4 cm³/mol. The zero-order valence-corrected chi connectivity index (χ0v) is 9.71. The lowest BCUT2D eigenvalue weighted by Gasteiger charge is -2.43. The SMILES string of the molecule is CC1(C)CC(C#N)CC(C)(COC#N)C1. The Kier molecular flexibility index (Phi) is 3.25. The molecule has 3 nitrogen and oxygen atoms in total. The summed E-state index contributed by atoms with van der Waals surface area (Å²) in [6.45, 7) is 6.91. The van der Waals surface area contributed by atoms with E-state index in [0.29, 0.717) is 6.61 Å². The minimum atomic E-state index is -0.0299. The molecule has 0 aromatic carbocycles. The molecule has 1 rings (SSSR count). The van der Waals surface area contributed by atoms with Crippen LogP contribution in [0.5, 0.6) is 0 Å². The van der Waals surface area contributed by atoms with Gasteiger partial charge in [-0.2, -0.15) is 10.5 Å². The van der Waals surface area contributed by atoms with E-state index in [9.17, 15) is 0 Å². The average Bonchev–Trinajstić information content (AvgIpc) is 2.12. The Morgan fingerprint density at radius 1 is 1.27 bits per heavy atom. The van der Waals surface area contributed by atoms with Crippen LogP contribution < -0.4 is 0 Å². The van der Waals surface area contributed by atoms with E-state index in [-0.39, 0.29) is 16.7 Å². The molecule has 0 amide bonds. The van der Waals surface area contributed by atoms with E-state index in [1.165, 1.54) is 0 Å². The molecule has 0 aliphatic heterocycles. The Bertz CT molecular complexity index is 311. The number of hydrogen-bond acceptors (Lipinski definition) is 3. The monoisotopic (exact) mass is 206 g/mol. The van der Waals surface area contributed by atoms with E-state index < -0.39 is 0 Å². The van der Waals surface area contributed by atoms with Crippen molar-refractivity contribution in [3.05, 3.63) is 0 Å². The second-order valence-electron chi connectivity index (χ2n) is 5.77. The molecule has 1 fully saturated rings. The number of nitriles is 2. The lowest BCUT2D eigenvalue weighted by Crippen LogP contribution is -2.38. The van der Waals surface area contributed by atoms with Gasteiger partial charge in [0, 0.05) is 11.3 Å². The van der Waals surface area contributed by atoms with E-state index in [1.54, 1.807) is 6.26 Å². The van der Waals surface area contributed by atoms with Crippen molar-refractivity contribution in [1.82, 2.24) is 0 Å². The molecule has 0 aromatic rings. The van der Waals surface area contributed by atoms with Gasteiger partial charge in [-0.25, -0.2) is 0 Å². The van der Waals surface area contributed by atoms with Crippen molar-refractivity contribution in [1.29, 1.82) is 10.5 Å². The summed E-state index contributed by atoms with van der Waals surface area (Å²) in [6, 6.07) is 2.35. The molecular weight excluding hydrogens is 188 g/mol. The van der Waals surface area contributed by atoms with Gasteiger partial charge in [-0.3, -0.25) is 0 Å². The lowest BCUT2D eigenvalue weighted by molar-refractivity contribution is 0.0214. The maximum absolute atomic E-state index is 9.03. The summed E-state index contributed by atoms with van der Waals surface area (Å²) in [4.78, 5) is 0. The van der Waals surface area contributed by atoms with Crippen LogP contribution in [0.4, 0.5) is 0 Å². The fraction of sp³-hybridized carbons (Fsp3) is 0.833. The molecule has 0 bridgehead atoms. The smallest absolute Gasteiger partial charge is 0.286 e. The topological polar surface area (TPSA) is 56.8 Å². The van der Waals surface area contributed by atoms with Crippen molar-refractivity contribution in [3.63, 3.8) is 0 Å². The zero-order chi connectivity index (χ0) is 11.5. The predicted octanol–water partition coefficient (Wildman–Crippen LogP) is 2.84. The minimum Gasteiger partial charge on any atom is -0.427 e. The highest BCUT2D eigenvalue weighted by molar-refractivity contribution is 4.98. The van der Waals surface area contributed by atoms with Gasteiger partial charge in [0.25, 0.3) is 6.26 Å². The fourth-order valence-electron chi connectivity index (χ4n) is 3.04. The summed E-state index contributed by atoms with van der Waals surface area (Å²) in [5, 5.41) is 17.5. The third-order valence-corrected chi connectivity index (χ3v) is 3.11. The van der Waals surface area contributed by atoms with Crippen LogP contribution in [0.1, 0.15) is 40.0 Å². The van der Waals surface area contributed by atoms with Crippen LogP contribution >= 0.6 is 0 Å². The van der Waals surface area contributed by atoms with Crippen LogP contribution in [0.2, 0.25) is 0 Å². The van der Waals surface area contributed by atoms with Crippen LogP contribution in [-0.4, -0.2) is 6.61 Å². The molecule has 0 radical (unpaired) electrons. The quantitative estimate of drug-likeness (QED) is 0.653. The van der Waals surface area contributed by atoms with Crippen LogP contribution in [0.15, 0.2) is 0 Å². The van der Waals surface area contributed by atoms with Crippen LogP contribution in [0, 0.1) is 39.6 Å². The Morgan fingerprint density at radius 2 is 1.93 bits per heavy atom. The lowest BCUT2D eigenvalue weighted by atomic mass is 9.61. The minimum absolute atomic E-state index is 0.0299. The van der Waals surface area contributed by atoms with Crippen molar-refractivity contribution in [3.8, 4) is 12.3 Å². The third-order valence-electron chi connectivity index (χ3n) is 3.11. The van der Waals surface area contributed by atoms with E-state index in [0.717, 1.165) is 19.3 Å². The number of rotatable bonds is 2. The van der Waals surface area contributed by atoms with Gasteiger partial charge in [-0.1, -0.05) is 20.8 Å². The Morgan fingerprint density at radius 3 is 2.47 bits per heavy atom. The first kappa shape index (κ1) is 11.9. The highest BCUT2D eigenvalue weighted by Crippen LogP contribution is 2.48. The Hall–Kier alpha value is -1.22. The van der Waals surface area contributed by atoms with Crippen molar-refractivity contribution >= 4 is 0 Å². The van der Waals surface area contributed by atoms with Gasteiger partial charge in [0.05, 0.1) is 6.07 Å². The first-order valence-corrected chi connectivity index (χ1v) is 5.31. The average molecular weight is 206 g/mol. The van der Waals surface area contributed by atoms with Crippen molar-refractivity contribution in [2.45, 2.75) is 40.0 Å². The first-order chi connectivity index (χ1) is 6.91. The van der Waals surface area contributed by atoms with E-state index in [2.05, 4.69) is 26.8 Å². The molecule has 3 heteroatoms. The van der Waals surface area contributed by atoms with Crippen molar-refractivity contribution in [2.75, 3.05) is 6.61 Å². The largest absolute Gasteiger partial charge is 0.427 e. The molecule has 0 N–H and O–H groups in total. The molecule has 2 unspecified atom stereocenters. The third kappa shape index (κ3) is 3.13. The second-order valence-corrected chi connectivity index (χ2v) is 5.77. The number of ether oxygens (including phenoxy) is 1. The summed E-state index contributed by atoms with van der Waals surface area (Å²) in [7, 11) is 0. The molecule has 82 valence electrons. The molecule has 2 atom stereocenters. The van der Waals surface area contributed by atoms with Gasteiger partial charge in [-0.05, 0) is 24.7 Å². The Labute approximate surface area is 91.6 Å². The zero-order valence-electron chi connectivity index (χ0n) is 9.71. The number of hydrogen-bond donors (Lipinski definition) is 0. The van der Waals surface area contributed by atoms with Crippen LogP contribution in [-0.2, 0) is 4.74 Å². The van der Waals surface area contributed by atoms with Gasteiger partial charge < -0.3 is 4.74 Å². The van der Waals surface area contributed by atoms with Crippen molar-refractivity contribution in [2.24, 2.45) is 16.7 Å². The van der Waals surface area contributed by atoms with Crippen LogP contribution in [0.25, 0.3) is 0 Å². The maximum atomic E-state index is 9.03. The first-order valence-electron chi connectivity index (χ1n) is 5.31. The molecule has 0 spiro atoms. The van der Waals surface area contributed by atoms with E-state index >= 15 is 0 Å². The Balaban J connectivity index is 2.74.